The molecule has 108 valence electrons. The van der Waals surface area contributed by atoms with Crippen LogP contribution < -0.4 is 5.32 Å². The molecule has 3 rings (SSSR count). The molecule has 2 aliphatic heterocycles. The topological polar surface area (TPSA) is 32.3 Å². The van der Waals surface area contributed by atoms with Crippen LogP contribution in [-0.4, -0.2) is 36.5 Å². The number of benzene rings is 1. The molecule has 2 saturated heterocycles. The fourth-order valence-electron chi connectivity index (χ4n) is 3.63. The van der Waals surface area contributed by atoms with Crippen molar-refractivity contribution < 1.29 is 9.18 Å². The van der Waals surface area contributed by atoms with E-state index in [1.165, 1.54) is 49.9 Å². The van der Waals surface area contributed by atoms with Crippen molar-refractivity contribution in [3.63, 3.8) is 0 Å². The summed E-state index contributed by atoms with van der Waals surface area (Å²) in [6, 6.07) is 7.10. The first-order valence-electron chi connectivity index (χ1n) is 7.39. The molecule has 0 radical (unpaired) electrons. The van der Waals surface area contributed by atoms with Crippen LogP contribution in [0.2, 0.25) is 0 Å². The molecule has 0 aromatic heterocycles. The monoisotopic (exact) mass is 276 g/mol. The third kappa shape index (κ3) is 2.70. The average molecular weight is 276 g/mol. The van der Waals surface area contributed by atoms with E-state index in [1.54, 1.807) is 0 Å². The zero-order valence-corrected chi connectivity index (χ0v) is 11.8. The van der Waals surface area contributed by atoms with Gasteiger partial charge in [-0.1, -0.05) is 0 Å². The van der Waals surface area contributed by atoms with Crippen LogP contribution in [0.3, 0.4) is 0 Å². The van der Waals surface area contributed by atoms with Crippen molar-refractivity contribution in [1.29, 1.82) is 0 Å². The first kappa shape index (κ1) is 13.6. The van der Waals surface area contributed by atoms with E-state index in [1.807, 2.05) is 0 Å². The highest BCUT2D eigenvalue weighted by atomic mass is 19.1. The Morgan fingerprint density at radius 3 is 2.45 bits per heavy atom. The van der Waals surface area contributed by atoms with Crippen molar-refractivity contribution in [2.24, 2.45) is 5.92 Å². The smallest absolute Gasteiger partial charge is 0.251 e. The van der Waals surface area contributed by atoms with Gasteiger partial charge >= 0.3 is 0 Å². The van der Waals surface area contributed by atoms with E-state index in [9.17, 15) is 9.18 Å². The van der Waals surface area contributed by atoms with E-state index in [-0.39, 0.29) is 11.7 Å². The zero-order chi connectivity index (χ0) is 14.1. The van der Waals surface area contributed by atoms with Gasteiger partial charge in [0.15, 0.2) is 0 Å². The van der Waals surface area contributed by atoms with E-state index in [2.05, 4.69) is 17.3 Å². The van der Waals surface area contributed by atoms with Gasteiger partial charge in [-0.3, -0.25) is 4.79 Å². The highest BCUT2D eigenvalue weighted by Gasteiger charge is 2.38. The molecule has 4 heteroatoms. The molecule has 0 saturated carbocycles. The summed E-state index contributed by atoms with van der Waals surface area (Å²) in [6.07, 6.45) is 4.94. The maximum absolute atomic E-state index is 12.8. The summed E-state index contributed by atoms with van der Waals surface area (Å²) in [7, 11) is 2.22. The number of nitrogens with one attached hydrogen (secondary N) is 1. The maximum Gasteiger partial charge on any atom is 0.251 e. The second-order valence-corrected chi connectivity index (χ2v) is 6.10. The van der Waals surface area contributed by atoms with Crippen LogP contribution in [0.15, 0.2) is 24.3 Å². The largest absolute Gasteiger partial charge is 0.352 e. The van der Waals surface area contributed by atoms with Crippen LogP contribution >= 0.6 is 0 Å². The molecule has 2 bridgehead atoms. The molecule has 0 aliphatic carbocycles. The number of hydrogen-bond acceptors (Lipinski definition) is 2. The summed E-state index contributed by atoms with van der Waals surface area (Å²) in [6.45, 7) is 0.733. The van der Waals surface area contributed by atoms with Crippen LogP contribution in [0, 0.1) is 11.7 Å². The maximum atomic E-state index is 12.8. The lowest BCUT2D eigenvalue weighted by Gasteiger charge is -2.36. The number of hydrogen-bond donors (Lipinski definition) is 1. The van der Waals surface area contributed by atoms with Crippen LogP contribution in [0.4, 0.5) is 4.39 Å². The minimum Gasteiger partial charge on any atom is -0.352 e. The lowest BCUT2D eigenvalue weighted by molar-refractivity contribution is 0.0917. The zero-order valence-electron chi connectivity index (χ0n) is 11.8. The standard InChI is InChI=1S/C16H21FN2O/c1-19-14-6-7-15(19)9-11(8-14)10-18-16(20)12-2-4-13(17)5-3-12/h2-5,11,14-15H,6-10H2,1H3,(H,18,20). The summed E-state index contributed by atoms with van der Waals surface area (Å²) in [5, 5.41) is 2.99. The van der Waals surface area contributed by atoms with Crippen molar-refractivity contribution in [2.45, 2.75) is 37.8 Å². The van der Waals surface area contributed by atoms with Crippen molar-refractivity contribution in [3.05, 3.63) is 35.6 Å². The molecule has 2 atom stereocenters. The molecule has 20 heavy (non-hydrogen) atoms. The van der Waals surface area contributed by atoms with Crippen LogP contribution in [0.5, 0.6) is 0 Å². The molecule has 2 unspecified atom stereocenters. The number of amides is 1. The number of carbonyl (C=O) groups excluding carboxylic acids is 1. The quantitative estimate of drug-likeness (QED) is 0.919. The van der Waals surface area contributed by atoms with Gasteiger partial charge in [0.25, 0.3) is 5.91 Å². The molecule has 1 amide bonds. The Labute approximate surface area is 119 Å². The molecule has 2 fully saturated rings. The normalized spacial score (nSPS) is 29.4. The Bertz CT molecular complexity index is 474. The van der Waals surface area contributed by atoms with Gasteiger partial charge in [-0.2, -0.15) is 0 Å². The third-order valence-electron chi connectivity index (χ3n) is 4.85. The van der Waals surface area contributed by atoms with E-state index >= 15 is 0 Å². The average Bonchev–Trinajstić information content (AvgIpc) is 2.66. The Kier molecular flexibility index (Phi) is 3.74. The van der Waals surface area contributed by atoms with Crippen LogP contribution in [0.25, 0.3) is 0 Å². The van der Waals surface area contributed by atoms with Crippen molar-refractivity contribution in [1.82, 2.24) is 10.2 Å². The van der Waals surface area contributed by atoms with E-state index in [0.717, 1.165) is 6.54 Å². The summed E-state index contributed by atoms with van der Waals surface area (Å²) in [5.41, 5.74) is 0.530. The Morgan fingerprint density at radius 2 is 1.85 bits per heavy atom. The van der Waals surface area contributed by atoms with Gasteiger partial charge in [-0.15, -0.1) is 0 Å². The summed E-state index contributed by atoms with van der Waals surface area (Å²) in [5.74, 6) is 0.165. The minimum atomic E-state index is -0.312. The Morgan fingerprint density at radius 1 is 1.25 bits per heavy atom. The number of carbonyl (C=O) groups is 1. The minimum absolute atomic E-state index is 0.101. The second kappa shape index (κ2) is 5.52. The van der Waals surface area contributed by atoms with Crippen LogP contribution in [0.1, 0.15) is 36.0 Å². The predicted octanol–water partition coefficient (Wildman–Crippen LogP) is 2.43. The Hall–Kier alpha value is -1.42. The molecular formula is C16H21FN2O. The number of fused-ring (bicyclic) bond motifs is 2. The van der Waals surface area contributed by atoms with Crippen LogP contribution in [-0.2, 0) is 0 Å². The third-order valence-corrected chi connectivity index (χ3v) is 4.85. The highest BCUT2D eigenvalue weighted by Crippen LogP contribution is 2.36. The molecule has 2 aliphatic rings. The van der Waals surface area contributed by atoms with Gasteiger partial charge in [0.1, 0.15) is 5.82 Å². The second-order valence-electron chi connectivity index (χ2n) is 6.10. The van der Waals surface area contributed by atoms with Gasteiger partial charge in [0.05, 0.1) is 0 Å². The summed E-state index contributed by atoms with van der Waals surface area (Å²) < 4.78 is 12.8. The van der Waals surface area contributed by atoms with Crippen molar-refractivity contribution in [3.8, 4) is 0 Å². The molecule has 0 spiro atoms. The van der Waals surface area contributed by atoms with E-state index < -0.39 is 0 Å². The summed E-state index contributed by atoms with van der Waals surface area (Å²) >= 11 is 0. The van der Waals surface area contributed by atoms with Gasteiger partial charge in [-0.05, 0) is 62.9 Å². The SMILES string of the molecule is CN1C2CCC1CC(CNC(=O)c1ccc(F)cc1)C2. The molecule has 3 nitrogen and oxygen atoms in total. The number of rotatable bonds is 3. The van der Waals surface area contributed by atoms with Gasteiger partial charge in [0.2, 0.25) is 0 Å². The lowest BCUT2D eigenvalue weighted by Crippen LogP contribution is -2.43. The molecular weight excluding hydrogens is 255 g/mol. The molecule has 2 heterocycles. The van der Waals surface area contributed by atoms with E-state index in [4.69, 9.17) is 0 Å². The molecule has 1 aromatic rings. The molecule has 1 N–H and O–H groups in total. The number of piperidine rings is 1. The number of nitrogens with zero attached hydrogens (tertiary/aromatic N) is 1. The predicted molar refractivity (Wildman–Crippen MR) is 76.0 cm³/mol. The first-order chi connectivity index (χ1) is 9.63. The van der Waals surface area contributed by atoms with Gasteiger partial charge in [-0.25, -0.2) is 4.39 Å². The fraction of sp³-hybridized carbons (Fsp3) is 0.562. The van der Waals surface area contributed by atoms with Gasteiger partial charge in [0, 0.05) is 24.2 Å². The molecule has 1 aromatic carbocycles. The first-order valence-corrected chi connectivity index (χ1v) is 7.39. The fourth-order valence-corrected chi connectivity index (χ4v) is 3.63. The van der Waals surface area contributed by atoms with Crippen molar-refractivity contribution >= 4 is 5.91 Å². The van der Waals surface area contributed by atoms with E-state index in [0.29, 0.717) is 23.6 Å². The number of halogens is 1. The summed E-state index contributed by atoms with van der Waals surface area (Å²) in [4.78, 5) is 14.5. The Balaban J connectivity index is 1.52. The highest BCUT2D eigenvalue weighted by molar-refractivity contribution is 5.94. The van der Waals surface area contributed by atoms with Gasteiger partial charge < -0.3 is 10.2 Å². The lowest BCUT2D eigenvalue weighted by atomic mass is 9.91. The van der Waals surface area contributed by atoms with Crippen molar-refractivity contribution in [2.75, 3.05) is 13.6 Å².